The fourth-order valence-electron chi connectivity index (χ4n) is 1.01. The number of hydrogen-bond acceptors (Lipinski definition) is 4. The molecule has 0 rings (SSSR count). The number of ketones is 1. The highest BCUT2D eigenvalue weighted by Gasteiger charge is 2.19. The average Bonchev–Trinajstić information content (AvgIpc) is 2.29. The number of rotatable bonds is 6. The van der Waals surface area contributed by atoms with E-state index in [2.05, 4.69) is 4.74 Å². The number of methoxy groups -OCH3 is 1. The fourth-order valence-corrected chi connectivity index (χ4v) is 1.01. The maximum Gasteiger partial charge on any atom is 0.343 e. The van der Waals surface area contributed by atoms with Gasteiger partial charge in [-0.1, -0.05) is 0 Å². The highest BCUT2D eigenvalue weighted by atomic mass is 19.1. The molecule has 0 spiro atoms. The molecule has 0 amide bonds. The van der Waals surface area contributed by atoms with Gasteiger partial charge in [0, 0.05) is 19.3 Å². The summed E-state index contributed by atoms with van der Waals surface area (Å²) < 4.78 is 16.6. The maximum absolute atomic E-state index is 12.2. The highest BCUT2D eigenvalue weighted by Crippen LogP contribution is 2.03. The molecule has 0 aliphatic rings. The van der Waals surface area contributed by atoms with Gasteiger partial charge in [0.1, 0.15) is 5.57 Å². The Morgan fingerprint density at radius 3 is 2.20 bits per heavy atom. The van der Waals surface area contributed by atoms with Crippen LogP contribution in [0.1, 0.15) is 13.8 Å². The zero-order valence-corrected chi connectivity index (χ0v) is 9.25. The smallest absolute Gasteiger partial charge is 0.343 e. The molecule has 0 saturated heterocycles. The van der Waals surface area contributed by atoms with Crippen molar-refractivity contribution in [1.82, 2.24) is 4.90 Å². The summed E-state index contributed by atoms with van der Waals surface area (Å²) in [6, 6.07) is 0. The minimum absolute atomic E-state index is 0.247. The lowest BCUT2D eigenvalue weighted by atomic mass is 10.2. The van der Waals surface area contributed by atoms with Crippen LogP contribution in [0.2, 0.25) is 0 Å². The van der Waals surface area contributed by atoms with E-state index in [1.165, 1.54) is 6.20 Å². The summed E-state index contributed by atoms with van der Waals surface area (Å²) >= 11 is 0. The van der Waals surface area contributed by atoms with E-state index < -0.39 is 18.4 Å². The Bertz CT molecular complexity index is 241. The first-order valence-electron chi connectivity index (χ1n) is 4.73. The third-order valence-corrected chi connectivity index (χ3v) is 1.95. The van der Waals surface area contributed by atoms with Gasteiger partial charge in [0.15, 0.2) is 6.67 Å². The lowest BCUT2D eigenvalue weighted by Gasteiger charge is -2.16. The number of ether oxygens (including phenoxy) is 1. The predicted octanol–water partition coefficient (Wildman–Crippen LogP) is 0.924. The Morgan fingerprint density at radius 1 is 1.33 bits per heavy atom. The van der Waals surface area contributed by atoms with Crippen molar-refractivity contribution in [3.8, 4) is 0 Å². The second-order valence-corrected chi connectivity index (χ2v) is 2.81. The molecular formula is C10H16FNO3. The lowest BCUT2D eigenvalue weighted by molar-refractivity contribution is -0.138. The van der Waals surface area contributed by atoms with Crippen molar-refractivity contribution in [3.63, 3.8) is 0 Å². The average molecular weight is 217 g/mol. The Balaban J connectivity index is 4.91. The summed E-state index contributed by atoms with van der Waals surface area (Å²) in [7, 11) is 1.16. The number of halogens is 1. The van der Waals surface area contributed by atoms with E-state index in [9.17, 15) is 14.0 Å². The summed E-state index contributed by atoms with van der Waals surface area (Å²) in [4.78, 5) is 24.0. The van der Waals surface area contributed by atoms with E-state index in [1.807, 2.05) is 13.8 Å². The molecule has 0 fully saturated rings. The number of nitrogens with zero attached hydrogens (tertiary/aromatic N) is 1. The number of carbonyl (C=O) groups excluding carboxylic acids is 2. The second kappa shape index (κ2) is 6.98. The molecule has 4 nitrogen and oxygen atoms in total. The SMILES string of the molecule is CCN(C=C(C(=O)CF)C(=O)OC)CC. The van der Waals surface area contributed by atoms with Gasteiger partial charge in [-0.3, -0.25) is 4.79 Å². The molecular weight excluding hydrogens is 201 g/mol. The van der Waals surface area contributed by atoms with E-state index in [0.29, 0.717) is 13.1 Å². The first kappa shape index (κ1) is 13.6. The van der Waals surface area contributed by atoms with Crippen LogP contribution in [0.15, 0.2) is 11.8 Å². The summed E-state index contributed by atoms with van der Waals surface area (Å²) in [6.45, 7) is 3.82. The first-order valence-corrected chi connectivity index (χ1v) is 4.73. The molecule has 0 aromatic rings. The van der Waals surface area contributed by atoms with Gasteiger partial charge >= 0.3 is 5.97 Å². The van der Waals surface area contributed by atoms with E-state index in [0.717, 1.165) is 7.11 Å². The predicted molar refractivity (Wildman–Crippen MR) is 54.0 cm³/mol. The second-order valence-electron chi connectivity index (χ2n) is 2.81. The van der Waals surface area contributed by atoms with Crippen LogP contribution in [0.25, 0.3) is 0 Å². The molecule has 0 aliphatic heterocycles. The number of alkyl halides is 1. The summed E-state index contributed by atoms with van der Waals surface area (Å²) in [5, 5.41) is 0. The number of hydrogen-bond donors (Lipinski definition) is 0. The molecule has 0 bridgehead atoms. The molecule has 0 aromatic heterocycles. The van der Waals surface area contributed by atoms with Crippen LogP contribution in [0.5, 0.6) is 0 Å². The Labute approximate surface area is 88.7 Å². The van der Waals surface area contributed by atoms with Gasteiger partial charge in [-0.15, -0.1) is 0 Å². The molecule has 15 heavy (non-hydrogen) atoms. The van der Waals surface area contributed by atoms with Crippen molar-refractivity contribution < 1.29 is 18.7 Å². The van der Waals surface area contributed by atoms with Crippen molar-refractivity contribution in [1.29, 1.82) is 0 Å². The molecule has 5 heteroatoms. The molecule has 0 unspecified atom stereocenters. The number of Topliss-reactive ketones (excluding diaryl/α,β-unsaturated/α-hetero) is 1. The fraction of sp³-hybridized carbons (Fsp3) is 0.600. The van der Waals surface area contributed by atoms with E-state index in [1.54, 1.807) is 4.90 Å². The van der Waals surface area contributed by atoms with E-state index in [4.69, 9.17) is 0 Å². The summed E-state index contributed by atoms with van der Waals surface area (Å²) in [5.74, 6) is -1.65. The molecule has 0 saturated carbocycles. The van der Waals surface area contributed by atoms with Gasteiger partial charge in [0.05, 0.1) is 7.11 Å². The zero-order chi connectivity index (χ0) is 11.8. The largest absolute Gasteiger partial charge is 0.465 e. The van der Waals surface area contributed by atoms with Crippen molar-refractivity contribution in [2.75, 3.05) is 26.9 Å². The Hall–Kier alpha value is -1.39. The number of carbonyl (C=O) groups is 2. The minimum Gasteiger partial charge on any atom is -0.465 e. The van der Waals surface area contributed by atoms with Crippen LogP contribution in [-0.2, 0) is 14.3 Å². The molecule has 0 N–H and O–H groups in total. The monoisotopic (exact) mass is 217 g/mol. The van der Waals surface area contributed by atoms with Gasteiger partial charge in [-0.05, 0) is 13.8 Å². The standard InChI is InChI=1S/C10H16FNO3/c1-4-12(5-2)7-8(9(13)6-11)10(14)15-3/h7H,4-6H2,1-3H3. The summed E-state index contributed by atoms with van der Waals surface area (Å²) in [6.07, 6.45) is 1.34. The quantitative estimate of drug-likeness (QED) is 0.287. The van der Waals surface area contributed by atoms with Crippen LogP contribution in [0.4, 0.5) is 4.39 Å². The lowest BCUT2D eigenvalue weighted by Crippen LogP contribution is -2.23. The molecule has 0 aliphatic carbocycles. The highest BCUT2D eigenvalue weighted by molar-refractivity contribution is 6.17. The maximum atomic E-state index is 12.2. The zero-order valence-electron chi connectivity index (χ0n) is 9.25. The molecule has 0 aromatic carbocycles. The molecule has 0 radical (unpaired) electrons. The minimum atomic E-state index is -1.19. The van der Waals surface area contributed by atoms with Gasteiger partial charge in [-0.25, -0.2) is 9.18 Å². The van der Waals surface area contributed by atoms with Crippen LogP contribution in [-0.4, -0.2) is 43.5 Å². The van der Waals surface area contributed by atoms with E-state index >= 15 is 0 Å². The first-order chi connectivity index (χ1) is 7.10. The van der Waals surface area contributed by atoms with Crippen molar-refractivity contribution in [3.05, 3.63) is 11.8 Å². The van der Waals surface area contributed by atoms with Crippen LogP contribution in [0.3, 0.4) is 0 Å². The summed E-state index contributed by atoms with van der Waals surface area (Å²) in [5.41, 5.74) is -0.247. The Kier molecular flexibility index (Phi) is 6.33. The van der Waals surface area contributed by atoms with Gasteiger partial charge < -0.3 is 9.64 Å². The van der Waals surface area contributed by atoms with Crippen LogP contribution in [0, 0.1) is 0 Å². The van der Waals surface area contributed by atoms with E-state index in [-0.39, 0.29) is 5.57 Å². The van der Waals surface area contributed by atoms with Crippen LogP contribution < -0.4 is 0 Å². The van der Waals surface area contributed by atoms with Crippen molar-refractivity contribution in [2.45, 2.75) is 13.8 Å². The topological polar surface area (TPSA) is 46.6 Å². The number of esters is 1. The molecule has 0 atom stereocenters. The van der Waals surface area contributed by atoms with Crippen molar-refractivity contribution in [2.24, 2.45) is 0 Å². The molecule has 0 heterocycles. The normalized spacial score (nSPS) is 11.1. The van der Waals surface area contributed by atoms with Gasteiger partial charge in [0.25, 0.3) is 0 Å². The molecule has 86 valence electrons. The van der Waals surface area contributed by atoms with Gasteiger partial charge in [-0.2, -0.15) is 0 Å². The third-order valence-electron chi connectivity index (χ3n) is 1.95. The van der Waals surface area contributed by atoms with Gasteiger partial charge in [0.2, 0.25) is 5.78 Å². The van der Waals surface area contributed by atoms with Crippen molar-refractivity contribution >= 4 is 11.8 Å². The third kappa shape index (κ3) is 4.10. The van der Waals surface area contributed by atoms with Crippen LogP contribution >= 0.6 is 0 Å². The Morgan fingerprint density at radius 2 is 1.87 bits per heavy atom.